The largest absolute Gasteiger partial charge is 0.396 e. The van der Waals surface area contributed by atoms with Crippen LogP contribution < -0.4 is 5.32 Å². The molecule has 2 aliphatic carbocycles. The van der Waals surface area contributed by atoms with Crippen molar-refractivity contribution in [1.29, 1.82) is 0 Å². The quantitative estimate of drug-likeness (QED) is 0.699. The fourth-order valence-corrected chi connectivity index (χ4v) is 2.87. The molecule has 0 aromatic rings. The Morgan fingerprint density at radius 2 is 2.00 bits per heavy atom. The minimum atomic E-state index is 0.355. The zero-order chi connectivity index (χ0) is 10.5. The van der Waals surface area contributed by atoms with Gasteiger partial charge in [0.05, 0.1) is 0 Å². The molecule has 2 rings (SSSR count). The van der Waals surface area contributed by atoms with Crippen LogP contribution in [0.1, 0.15) is 44.9 Å². The van der Waals surface area contributed by atoms with Crippen LogP contribution in [0.3, 0.4) is 0 Å². The number of hydrogen-bond acceptors (Lipinski definition) is 2. The summed E-state index contributed by atoms with van der Waals surface area (Å²) in [6.45, 7) is 0.355. The molecule has 2 heteroatoms. The molecule has 15 heavy (non-hydrogen) atoms. The van der Waals surface area contributed by atoms with Crippen LogP contribution in [0.2, 0.25) is 0 Å². The molecule has 2 N–H and O–H groups in total. The fourth-order valence-electron chi connectivity index (χ4n) is 2.87. The number of nitrogens with one attached hydrogen (secondary N) is 1. The Kier molecular flexibility index (Phi) is 4.21. The maximum atomic E-state index is 9.33. The van der Waals surface area contributed by atoms with E-state index in [4.69, 9.17) is 0 Å². The van der Waals surface area contributed by atoms with E-state index in [0.717, 1.165) is 0 Å². The van der Waals surface area contributed by atoms with Crippen LogP contribution in [0.4, 0.5) is 0 Å². The van der Waals surface area contributed by atoms with Gasteiger partial charge in [0.1, 0.15) is 0 Å². The van der Waals surface area contributed by atoms with Gasteiger partial charge in [-0.25, -0.2) is 0 Å². The van der Waals surface area contributed by atoms with E-state index in [0.29, 0.717) is 24.6 Å². The predicted octanol–water partition coefficient (Wildman–Crippen LogP) is 2.24. The van der Waals surface area contributed by atoms with E-state index < -0.39 is 0 Å². The normalized spacial score (nSPS) is 36.7. The number of aliphatic hydroxyl groups excluding tert-OH is 1. The van der Waals surface area contributed by atoms with Crippen molar-refractivity contribution < 1.29 is 5.11 Å². The van der Waals surface area contributed by atoms with Gasteiger partial charge in [-0.1, -0.05) is 25.0 Å². The molecule has 3 unspecified atom stereocenters. The maximum Gasteiger partial charge on any atom is 0.0474 e. The lowest BCUT2D eigenvalue weighted by Crippen LogP contribution is -2.45. The Labute approximate surface area is 92.8 Å². The van der Waals surface area contributed by atoms with Gasteiger partial charge in [-0.2, -0.15) is 0 Å². The van der Waals surface area contributed by atoms with Crippen LogP contribution in [0.25, 0.3) is 0 Å². The lowest BCUT2D eigenvalue weighted by atomic mass is 9.84. The van der Waals surface area contributed by atoms with E-state index in [-0.39, 0.29) is 0 Å². The smallest absolute Gasteiger partial charge is 0.0474 e. The van der Waals surface area contributed by atoms with Gasteiger partial charge in [-0.15, -0.1) is 0 Å². The van der Waals surface area contributed by atoms with Gasteiger partial charge in [0, 0.05) is 18.7 Å². The molecular weight excluding hydrogens is 186 g/mol. The fraction of sp³-hybridized carbons (Fsp3) is 0.846. The Balaban J connectivity index is 1.85. The number of hydrogen-bond donors (Lipinski definition) is 2. The summed E-state index contributed by atoms with van der Waals surface area (Å²) in [5.74, 6) is 0.495. The summed E-state index contributed by atoms with van der Waals surface area (Å²) in [5.41, 5.74) is 0. The topological polar surface area (TPSA) is 32.3 Å². The van der Waals surface area contributed by atoms with Gasteiger partial charge >= 0.3 is 0 Å². The second-order valence-electron chi connectivity index (χ2n) is 4.97. The van der Waals surface area contributed by atoms with E-state index in [2.05, 4.69) is 17.5 Å². The Morgan fingerprint density at radius 3 is 2.73 bits per heavy atom. The Bertz CT molecular complexity index is 215. The summed E-state index contributed by atoms with van der Waals surface area (Å²) in [7, 11) is 0. The lowest BCUT2D eigenvalue weighted by Gasteiger charge is -2.34. The second-order valence-corrected chi connectivity index (χ2v) is 4.97. The lowest BCUT2D eigenvalue weighted by molar-refractivity contribution is 0.148. The second kappa shape index (κ2) is 5.66. The number of allylic oxidation sites excluding steroid dienone is 1. The summed E-state index contributed by atoms with van der Waals surface area (Å²) in [5, 5.41) is 13.0. The molecule has 0 radical (unpaired) electrons. The number of rotatable bonds is 3. The number of aliphatic hydroxyl groups is 1. The zero-order valence-corrected chi connectivity index (χ0v) is 9.49. The molecule has 0 aromatic carbocycles. The molecule has 0 bridgehead atoms. The van der Waals surface area contributed by atoms with E-state index in [1.807, 2.05) is 0 Å². The molecule has 2 aliphatic rings. The van der Waals surface area contributed by atoms with Crippen molar-refractivity contribution in [3.63, 3.8) is 0 Å². The third-order valence-corrected chi connectivity index (χ3v) is 3.83. The first-order valence-corrected chi connectivity index (χ1v) is 6.43. The minimum Gasteiger partial charge on any atom is -0.396 e. The van der Waals surface area contributed by atoms with Crippen molar-refractivity contribution >= 4 is 0 Å². The van der Waals surface area contributed by atoms with Crippen molar-refractivity contribution in [1.82, 2.24) is 5.32 Å². The van der Waals surface area contributed by atoms with Gasteiger partial charge in [0.2, 0.25) is 0 Å². The molecule has 0 amide bonds. The molecule has 0 aliphatic heterocycles. The summed E-state index contributed by atoms with van der Waals surface area (Å²) < 4.78 is 0. The molecule has 0 saturated heterocycles. The van der Waals surface area contributed by atoms with Crippen LogP contribution in [-0.4, -0.2) is 23.8 Å². The highest BCUT2D eigenvalue weighted by atomic mass is 16.3. The van der Waals surface area contributed by atoms with Crippen molar-refractivity contribution in [2.24, 2.45) is 5.92 Å². The maximum absolute atomic E-state index is 9.33. The van der Waals surface area contributed by atoms with Gasteiger partial charge in [-0.05, 0) is 38.0 Å². The summed E-state index contributed by atoms with van der Waals surface area (Å²) in [4.78, 5) is 0. The molecule has 86 valence electrons. The zero-order valence-electron chi connectivity index (χ0n) is 9.49. The van der Waals surface area contributed by atoms with Crippen LogP contribution in [0.15, 0.2) is 12.2 Å². The highest BCUT2D eigenvalue weighted by molar-refractivity contribution is 4.99. The first-order chi connectivity index (χ1) is 7.40. The minimum absolute atomic E-state index is 0.355. The molecule has 0 spiro atoms. The monoisotopic (exact) mass is 209 g/mol. The van der Waals surface area contributed by atoms with Crippen LogP contribution in [-0.2, 0) is 0 Å². The average Bonchev–Trinajstić information content (AvgIpc) is 2.31. The van der Waals surface area contributed by atoms with Crippen molar-refractivity contribution in [2.75, 3.05) is 6.61 Å². The average molecular weight is 209 g/mol. The summed E-state index contributed by atoms with van der Waals surface area (Å²) in [6, 6.07) is 1.12. The van der Waals surface area contributed by atoms with Gasteiger partial charge in [0.15, 0.2) is 0 Å². The Hall–Kier alpha value is -0.340. The van der Waals surface area contributed by atoms with E-state index >= 15 is 0 Å². The molecule has 0 aromatic heterocycles. The third kappa shape index (κ3) is 3.05. The molecule has 1 saturated carbocycles. The predicted molar refractivity (Wildman–Crippen MR) is 62.7 cm³/mol. The Morgan fingerprint density at radius 1 is 1.13 bits per heavy atom. The van der Waals surface area contributed by atoms with E-state index in [9.17, 15) is 5.11 Å². The molecular formula is C13H23NO. The molecule has 1 fully saturated rings. The van der Waals surface area contributed by atoms with Gasteiger partial charge in [-0.3, -0.25) is 0 Å². The first-order valence-electron chi connectivity index (χ1n) is 6.43. The van der Waals surface area contributed by atoms with Crippen LogP contribution in [0.5, 0.6) is 0 Å². The van der Waals surface area contributed by atoms with Gasteiger partial charge < -0.3 is 10.4 Å². The third-order valence-electron chi connectivity index (χ3n) is 3.83. The van der Waals surface area contributed by atoms with E-state index in [1.54, 1.807) is 0 Å². The van der Waals surface area contributed by atoms with Crippen molar-refractivity contribution in [3.05, 3.63) is 12.2 Å². The van der Waals surface area contributed by atoms with Gasteiger partial charge in [0.25, 0.3) is 0 Å². The summed E-state index contributed by atoms with van der Waals surface area (Å²) >= 11 is 0. The summed E-state index contributed by atoms with van der Waals surface area (Å²) in [6.07, 6.45) is 13.5. The molecule has 2 nitrogen and oxygen atoms in total. The highest BCUT2D eigenvalue weighted by Crippen LogP contribution is 2.25. The standard InChI is InChI=1S/C13H23NO/c15-10-11-6-4-5-9-13(11)14-12-7-2-1-3-8-12/h2,7,11-15H,1,3-6,8-10H2. The van der Waals surface area contributed by atoms with Crippen molar-refractivity contribution in [2.45, 2.75) is 57.0 Å². The highest BCUT2D eigenvalue weighted by Gasteiger charge is 2.25. The first kappa shape index (κ1) is 11.2. The molecule has 0 heterocycles. The SMILES string of the molecule is OCC1CCCCC1NC1C=CCCC1. The van der Waals surface area contributed by atoms with Crippen LogP contribution >= 0.6 is 0 Å². The van der Waals surface area contributed by atoms with E-state index in [1.165, 1.54) is 44.9 Å². The van der Waals surface area contributed by atoms with Crippen LogP contribution in [0, 0.1) is 5.92 Å². The van der Waals surface area contributed by atoms with Crippen molar-refractivity contribution in [3.8, 4) is 0 Å². The molecule has 3 atom stereocenters.